The zero-order valence-corrected chi connectivity index (χ0v) is 12.9. The number of likely N-dealkylation sites (tertiary alicyclic amines) is 1. The Labute approximate surface area is 126 Å². The molecule has 8 heteroatoms. The molecule has 1 unspecified atom stereocenters. The summed E-state index contributed by atoms with van der Waals surface area (Å²) < 4.78 is 5.26. The fraction of sp³-hybridized carbons (Fsp3) is 0.615. The number of carboxylic acid groups (broad SMARTS) is 1. The summed E-state index contributed by atoms with van der Waals surface area (Å²) in [6.45, 7) is 4.80. The second-order valence-electron chi connectivity index (χ2n) is 5.45. The summed E-state index contributed by atoms with van der Waals surface area (Å²) in [4.78, 5) is 28.2. The molecule has 0 bridgehead atoms. The molecule has 1 aromatic rings. The average Bonchev–Trinajstić information content (AvgIpc) is 2.93. The summed E-state index contributed by atoms with van der Waals surface area (Å²) in [5.74, 6) is -0.832. The monoisotopic (exact) mass is 313 g/mol. The third-order valence-corrected chi connectivity index (χ3v) is 4.32. The van der Waals surface area contributed by atoms with Crippen molar-refractivity contribution in [2.24, 2.45) is 0 Å². The van der Waals surface area contributed by atoms with Crippen LogP contribution in [-0.4, -0.2) is 58.8 Å². The number of urea groups is 1. The van der Waals surface area contributed by atoms with Gasteiger partial charge >= 0.3 is 12.0 Å². The maximum absolute atomic E-state index is 12.0. The molecule has 0 aliphatic carbocycles. The lowest BCUT2D eigenvalue weighted by Crippen LogP contribution is -2.65. The molecule has 2 rings (SSSR count). The molecule has 1 aliphatic heterocycles. The Morgan fingerprint density at radius 2 is 2.33 bits per heavy atom. The van der Waals surface area contributed by atoms with E-state index in [2.05, 4.69) is 10.3 Å². The van der Waals surface area contributed by atoms with Gasteiger partial charge < -0.3 is 20.1 Å². The molecule has 2 heterocycles. The first kappa shape index (κ1) is 15.7. The molecule has 1 saturated heterocycles. The molecule has 1 fully saturated rings. The number of nitrogens with one attached hydrogen (secondary N) is 1. The third-order valence-electron chi connectivity index (χ3n) is 3.31. The van der Waals surface area contributed by atoms with E-state index in [0.29, 0.717) is 19.6 Å². The largest absolute Gasteiger partial charge is 0.480 e. The number of ether oxygens (including phenoxy) is 1. The van der Waals surface area contributed by atoms with Crippen LogP contribution in [0.5, 0.6) is 0 Å². The zero-order chi connectivity index (χ0) is 15.5. The van der Waals surface area contributed by atoms with Crippen LogP contribution in [0.15, 0.2) is 11.6 Å². The Kier molecular flexibility index (Phi) is 4.79. The normalized spacial score (nSPS) is 17.9. The van der Waals surface area contributed by atoms with Gasteiger partial charge in [0.25, 0.3) is 0 Å². The molecular weight excluding hydrogens is 294 g/mol. The number of amides is 2. The summed E-state index contributed by atoms with van der Waals surface area (Å²) in [5.41, 5.74) is -0.559. The molecule has 0 spiro atoms. The highest BCUT2D eigenvalue weighted by atomic mass is 32.1. The highest BCUT2D eigenvalue weighted by molar-refractivity contribution is 7.09. The van der Waals surface area contributed by atoms with Crippen molar-refractivity contribution < 1.29 is 19.4 Å². The van der Waals surface area contributed by atoms with Crippen LogP contribution in [-0.2, 0) is 9.53 Å². The first-order chi connectivity index (χ1) is 9.89. The number of carboxylic acids is 1. The van der Waals surface area contributed by atoms with E-state index in [4.69, 9.17) is 9.84 Å². The number of hydrogen-bond donors (Lipinski definition) is 2. The van der Waals surface area contributed by atoms with Crippen LogP contribution in [0.3, 0.4) is 0 Å². The summed E-state index contributed by atoms with van der Waals surface area (Å²) in [7, 11) is 0. The Hall–Kier alpha value is -1.67. The van der Waals surface area contributed by atoms with Crippen LogP contribution in [0.4, 0.5) is 4.79 Å². The van der Waals surface area contributed by atoms with Gasteiger partial charge in [-0.3, -0.25) is 0 Å². The summed E-state index contributed by atoms with van der Waals surface area (Å²) >= 11 is 1.57. The predicted octanol–water partition coefficient (Wildman–Crippen LogP) is 1.13. The van der Waals surface area contributed by atoms with E-state index < -0.39 is 11.6 Å². The minimum atomic E-state index is -1.00. The van der Waals surface area contributed by atoms with Gasteiger partial charge in [-0.2, -0.15) is 0 Å². The number of aromatic nitrogens is 1. The third kappa shape index (κ3) is 4.15. The van der Waals surface area contributed by atoms with Crippen molar-refractivity contribution in [3.8, 4) is 0 Å². The molecular formula is C13H19N3O4S. The van der Waals surface area contributed by atoms with Crippen molar-refractivity contribution in [3.05, 3.63) is 16.6 Å². The number of nitrogens with zero attached hydrogens (tertiary/aromatic N) is 2. The molecule has 0 aromatic carbocycles. The van der Waals surface area contributed by atoms with Crippen molar-refractivity contribution in [3.63, 3.8) is 0 Å². The Balaban J connectivity index is 1.70. The predicted molar refractivity (Wildman–Crippen MR) is 77.5 cm³/mol. The quantitative estimate of drug-likeness (QED) is 0.821. The van der Waals surface area contributed by atoms with Crippen molar-refractivity contribution in [2.75, 3.05) is 26.2 Å². The maximum Gasteiger partial charge on any atom is 0.329 e. The molecule has 116 valence electrons. The number of hydrogen-bond acceptors (Lipinski definition) is 5. The molecule has 1 atom stereocenters. The van der Waals surface area contributed by atoms with E-state index in [0.717, 1.165) is 5.01 Å². The van der Waals surface area contributed by atoms with Gasteiger partial charge in [-0.25, -0.2) is 14.6 Å². The number of aliphatic carboxylic acids is 1. The van der Waals surface area contributed by atoms with Gasteiger partial charge in [0.15, 0.2) is 0 Å². The summed E-state index contributed by atoms with van der Waals surface area (Å²) in [6, 6.07) is -0.158. The highest BCUT2D eigenvalue weighted by Crippen LogP contribution is 2.24. The van der Waals surface area contributed by atoms with Crippen LogP contribution in [0.25, 0.3) is 0 Å². The zero-order valence-electron chi connectivity index (χ0n) is 12.0. The van der Waals surface area contributed by atoms with Gasteiger partial charge in [-0.15, -0.1) is 11.3 Å². The second kappa shape index (κ2) is 6.40. The second-order valence-corrected chi connectivity index (χ2v) is 6.37. The van der Waals surface area contributed by atoms with Crippen LogP contribution in [0.2, 0.25) is 0 Å². The lowest BCUT2D eigenvalue weighted by atomic mass is 9.97. The van der Waals surface area contributed by atoms with E-state index in [1.165, 1.54) is 0 Å². The molecule has 1 aliphatic rings. The topological polar surface area (TPSA) is 91.8 Å². The number of thiazole rings is 1. The molecule has 2 N–H and O–H groups in total. The van der Waals surface area contributed by atoms with Gasteiger partial charge in [-0.05, 0) is 6.92 Å². The standard InChI is InChI=1S/C13H19N3O4S/c1-9(11-14-3-4-21-11)5-15-12(19)16-7-13(2,8-16)20-6-10(17)18/h3-4,9H,5-8H2,1-2H3,(H,15,19)(H,17,18). The number of carbonyl (C=O) groups excluding carboxylic acids is 1. The average molecular weight is 313 g/mol. The first-order valence-corrected chi connectivity index (χ1v) is 7.55. The van der Waals surface area contributed by atoms with Crippen molar-refractivity contribution in [2.45, 2.75) is 25.4 Å². The van der Waals surface area contributed by atoms with Crippen molar-refractivity contribution >= 4 is 23.3 Å². The van der Waals surface area contributed by atoms with Gasteiger partial charge in [0.1, 0.15) is 12.2 Å². The molecule has 2 amide bonds. The van der Waals surface area contributed by atoms with Gasteiger partial charge in [0.2, 0.25) is 0 Å². The van der Waals surface area contributed by atoms with E-state index in [1.807, 2.05) is 12.3 Å². The minimum absolute atomic E-state index is 0.158. The van der Waals surface area contributed by atoms with Crippen LogP contribution in [0.1, 0.15) is 24.8 Å². The maximum atomic E-state index is 12.0. The molecule has 0 radical (unpaired) electrons. The van der Waals surface area contributed by atoms with E-state index >= 15 is 0 Å². The summed E-state index contributed by atoms with van der Waals surface area (Å²) in [6.07, 6.45) is 1.75. The Morgan fingerprint density at radius 3 is 2.90 bits per heavy atom. The first-order valence-electron chi connectivity index (χ1n) is 6.67. The molecule has 0 saturated carbocycles. The van der Waals surface area contributed by atoms with Crippen molar-refractivity contribution in [1.82, 2.24) is 15.2 Å². The van der Waals surface area contributed by atoms with Crippen molar-refractivity contribution in [1.29, 1.82) is 0 Å². The van der Waals surface area contributed by atoms with E-state index in [-0.39, 0.29) is 18.6 Å². The molecule has 1 aromatic heterocycles. The number of rotatable bonds is 6. The van der Waals surface area contributed by atoms with E-state index in [9.17, 15) is 9.59 Å². The lowest BCUT2D eigenvalue weighted by molar-refractivity contribution is -0.159. The molecule has 7 nitrogen and oxygen atoms in total. The van der Waals surface area contributed by atoms with Gasteiger partial charge in [0.05, 0.1) is 18.1 Å². The van der Waals surface area contributed by atoms with Gasteiger partial charge in [-0.1, -0.05) is 6.92 Å². The minimum Gasteiger partial charge on any atom is -0.480 e. The smallest absolute Gasteiger partial charge is 0.329 e. The van der Waals surface area contributed by atoms with Crippen LogP contribution < -0.4 is 5.32 Å². The Bertz CT molecular complexity index is 500. The lowest BCUT2D eigenvalue weighted by Gasteiger charge is -2.47. The van der Waals surface area contributed by atoms with Crippen LogP contribution in [0, 0.1) is 0 Å². The highest BCUT2D eigenvalue weighted by Gasteiger charge is 2.42. The van der Waals surface area contributed by atoms with Gasteiger partial charge in [0, 0.05) is 24.0 Å². The van der Waals surface area contributed by atoms with E-state index in [1.54, 1.807) is 29.4 Å². The number of carbonyl (C=O) groups is 2. The Morgan fingerprint density at radius 1 is 1.62 bits per heavy atom. The van der Waals surface area contributed by atoms with Crippen LogP contribution >= 0.6 is 11.3 Å². The SMILES string of the molecule is CC(CNC(=O)N1CC(C)(OCC(=O)O)C1)c1nccs1. The fourth-order valence-electron chi connectivity index (χ4n) is 2.15. The fourth-order valence-corrected chi connectivity index (χ4v) is 2.85. The summed E-state index contributed by atoms with van der Waals surface area (Å²) in [5, 5.41) is 14.3. The molecule has 21 heavy (non-hydrogen) atoms.